The second kappa shape index (κ2) is 7.66. The van der Waals surface area contributed by atoms with E-state index in [0.29, 0.717) is 33.0 Å². The first kappa shape index (κ1) is 16.7. The van der Waals surface area contributed by atoms with E-state index in [1.165, 1.54) is 0 Å². The minimum Gasteiger partial charge on any atom is -0.487 e. The van der Waals surface area contributed by atoms with Crippen LogP contribution in [0, 0.1) is 0 Å². The smallest absolute Gasteiger partial charge is 0.127 e. The van der Waals surface area contributed by atoms with Crippen molar-refractivity contribution in [2.24, 2.45) is 0 Å². The largest absolute Gasteiger partial charge is 0.487 e. The van der Waals surface area contributed by atoms with Gasteiger partial charge in [-0.3, -0.25) is 9.88 Å². The molecule has 2 aromatic rings. The van der Waals surface area contributed by atoms with Gasteiger partial charge in [0.25, 0.3) is 0 Å². The lowest BCUT2D eigenvalue weighted by Gasteiger charge is -2.39. The molecule has 1 aromatic heterocycles. The van der Waals surface area contributed by atoms with Crippen LogP contribution < -0.4 is 4.74 Å². The fourth-order valence-electron chi connectivity index (χ4n) is 3.58. The van der Waals surface area contributed by atoms with E-state index in [2.05, 4.69) is 9.88 Å². The number of benzene rings is 1. The third kappa shape index (κ3) is 3.77. The molecule has 2 aliphatic rings. The van der Waals surface area contributed by atoms with Crippen molar-refractivity contribution in [2.75, 3.05) is 39.5 Å². The molecule has 6 nitrogen and oxygen atoms in total. The Morgan fingerprint density at radius 1 is 1.16 bits per heavy atom. The van der Waals surface area contributed by atoms with Crippen LogP contribution in [0.2, 0.25) is 0 Å². The van der Waals surface area contributed by atoms with E-state index in [4.69, 9.17) is 14.2 Å². The quantitative estimate of drug-likeness (QED) is 0.910. The standard InChI is InChI=1S/C19H24N2O4/c22-17-11-21(15-12-23-8-9-24-13-15)7-5-19(17)25-18-3-1-2-14-10-20-6-4-16(14)18/h1-4,6,10,15,17,19,22H,5,7-9,11-13H2/t17-,19-/m1/s1. The molecule has 0 radical (unpaired) electrons. The van der Waals surface area contributed by atoms with E-state index in [9.17, 15) is 5.11 Å². The normalized spacial score (nSPS) is 26.4. The first-order valence-corrected chi connectivity index (χ1v) is 8.88. The molecule has 0 amide bonds. The highest BCUT2D eigenvalue weighted by atomic mass is 16.5. The Kier molecular flexibility index (Phi) is 5.12. The Hall–Kier alpha value is -1.73. The number of hydrogen-bond acceptors (Lipinski definition) is 6. The fourth-order valence-corrected chi connectivity index (χ4v) is 3.58. The van der Waals surface area contributed by atoms with Crippen molar-refractivity contribution in [1.29, 1.82) is 0 Å². The maximum Gasteiger partial charge on any atom is 0.127 e. The zero-order valence-corrected chi connectivity index (χ0v) is 14.2. The van der Waals surface area contributed by atoms with E-state index in [-0.39, 0.29) is 12.1 Å². The van der Waals surface area contributed by atoms with Gasteiger partial charge in [0.15, 0.2) is 0 Å². The highest BCUT2D eigenvalue weighted by Crippen LogP contribution is 2.28. The molecule has 0 bridgehead atoms. The Balaban J connectivity index is 1.42. The van der Waals surface area contributed by atoms with Gasteiger partial charge >= 0.3 is 0 Å². The summed E-state index contributed by atoms with van der Waals surface area (Å²) in [6.45, 7) is 4.06. The van der Waals surface area contributed by atoms with Crippen LogP contribution in [0.1, 0.15) is 6.42 Å². The maximum absolute atomic E-state index is 10.6. The molecule has 1 N–H and O–H groups in total. The lowest BCUT2D eigenvalue weighted by molar-refractivity contribution is -0.0510. The number of likely N-dealkylation sites (tertiary alicyclic amines) is 1. The molecule has 1 aromatic carbocycles. The summed E-state index contributed by atoms with van der Waals surface area (Å²) in [5.74, 6) is 0.804. The summed E-state index contributed by atoms with van der Waals surface area (Å²) in [5.41, 5.74) is 0. The summed E-state index contributed by atoms with van der Waals surface area (Å²) in [6.07, 6.45) is 3.63. The van der Waals surface area contributed by atoms with Gasteiger partial charge in [-0.2, -0.15) is 0 Å². The van der Waals surface area contributed by atoms with Crippen LogP contribution in [0.15, 0.2) is 36.7 Å². The summed E-state index contributed by atoms with van der Waals surface area (Å²) < 4.78 is 17.3. The van der Waals surface area contributed by atoms with Crippen LogP contribution in [-0.2, 0) is 9.47 Å². The van der Waals surface area contributed by atoms with E-state index in [1.807, 2.05) is 30.5 Å². The van der Waals surface area contributed by atoms with Gasteiger partial charge in [0.2, 0.25) is 0 Å². The molecular formula is C19H24N2O4. The minimum atomic E-state index is -0.533. The number of aliphatic hydroxyl groups is 1. The van der Waals surface area contributed by atoms with Crippen molar-refractivity contribution < 1.29 is 19.3 Å². The summed E-state index contributed by atoms with van der Waals surface area (Å²) in [5, 5.41) is 12.7. The van der Waals surface area contributed by atoms with Crippen LogP contribution >= 0.6 is 0 Å². The second-order valence-corrected chi connectivity index (χ2v) is 6.66. The number of aliphatic hydroxyl groups excluding tert-OH is 1. The van der Waals surface area contributed by atoms with E-state index < -0.39 is 6.10 Å². The van der Waals surface area contributed by atoms with Crippen molar-refractivity contribution in [3.05, 3.63) is 36.7 Å². The monoisotopic (exact) mass is 344 g/mol. The third-order valence-electron chi connectivity index (χ3n) is 4.98. The Labute approximate surface area is 147 Å². The number of piperidine rings is 1. The van der Waals surface area contributed by atoms with Crippen LogP contribution in [0.5, 0.6) is 5.75 Å². The Morgan fingerprint density at radius 2 is 2.00 bits per heavy atom. The fraction of sp³-hybridized carbons (Fsp3) is 0.526. The van der Waals surface area contributed by atoms with Gasteiger partial charge < -0.3 is 19.3 Å². The van der Waals surface area contributed by atoms with E-state index >= 15 is 0 Å². The number of fused-ring (bicyclic) bond motifs is 1. The minimum absolute atomic E-state index is 0.206. The highest BCUT2D eigenvalue weighted by molar-refractivity contribution is 5.87. The molecule has 3 heterocycles. The molecule has 25 heavy (non-hydrogen) atoms. The number of β-amino-alcohol motifs (C(OH)–C–C–N with tert-alkyl or cyclic N) is 1. The average molecular weight is 344 g/mol. The summed E-state index contributed by atoms with van der Waals surface area (Å²) in [6, 6.07) is 8.09. The van der Waals surface area contributed by atoms with Gasteiger partial charge in [-0.05, 0) is 18.6 Å². The van der Waals surface area contributed by atoms with Gasteiger partial charge in [0.1, 0.15) is 18.0 Å². The molecule has 4 rings (SSSR count). The number of hydrogen-bond donors (Lipinski definition) is 1. The van der Waals surface area contributed by atoms with Gasteiger partial charge in [0, 0.05) is 36.3 Å². The van der Waals surface area contributed by atoms with E-state index in [1.54, 1.807) is 6.20 Å². The predicted octanol–water partition coefficient (Wildman–Crippen LogP) is 1.46. The zero-order chi connectivity index (χ0) is 17.1. The molecule has 0 spiro atoms. The van der Waals surface area contributed by atoms with Crippen LogP contribution in [0.25, 0.3) is 10.8 Å². The Morgan fingerprint density at radius 3 is 2.80 bits per heavy atom. The number of rotatable bonds is 3. The van der Waals surface area contributed by atoms with Gasteiger partial charge in [-0.1, -0.05) is 12.1 Å². The van der Waals surface area contributed by atoms with Crippen LogP contribution in [-0.4, -0.2) is 72.8 Å². The topological polar surface area (TPSA) is 64.1 Å². The number of nitrogens with zero attached hydrogens (tertiary/aromatic N) is 2. The molecule has 0 aliphatic carbocycles. The van der Waals surface area contributed by atoms with Crippen molar-refractivity contribution in [3.63, 3.8) is 0 Å². The molecule has 0 saturated carbocycles. The highest BCUT2D eigenvalue weighted by Gasteiger charge is 2.33. The lowest BCUT2D eigenvalue weighted by atomic mass is 10.0. The van der Waals surface area contributed by atoms with Crippen molar-refractivity contribution >= 4 is 10.8 Å². The SMILES string of the molecule is O[C@@H]1CN(C2COCCOC2)CC[C@H]1Oc1cccc2cnccc12. The molecule has 2 atom stereocenters. The molecule has 2 saturated heterocycles. The summed E-state index contributed by atoms with van der Waals surface area (Å²) in [7, 11) is 0. The predicted molar refractivity (Wildman–Crippen MR) is 93.8 cm³/mol. The molecule has 2 aliphatic heterocycles. The van der Waals surface area contributed by atoms with Crippen LogP contribution in [0.4, 0.5) is 0 Å². The number of pyridine rings is 1. The number of aromatic nitrogens is 1. The first-order chi connectivity index (χ1) is 12.3. The van der Waals surface area contributed by atoms with E-state index in [0.717, 1.165) is 29.5 Å². The summed E-state index contributed by atoms with van der Waals surface area (Å²) >= 11 is 0. The maximum atomic E-state index is 10.6. The van der Waals surface area contributed by atoms with Crippen molar-refractivity contribution in [3.8, 4) is 5.75 Å². The van der Waals surface area contributed by atoms with Crippen LogP contribution in [0.3, 0.4) is 0 Å². The molecule has 2 fully saturated rings. The molecule has 6 heteroatoms. The van der Waals surface area contributed by atoms with Crippen molar-refractivity contribution in [1.82, 2.24) is 9.88 Å². The Bertz CT molecular complexity index is 697. The van der Waals surface area contributed by atoms with Gasteiger partial charge in [0.05, 0.1) is 32.5 Å². The average Bonchev–Trinajstić information content (AvgIpc) is 2.93. The zero-order valence-electron chi connectivity index (χ0n) is 14.2. The first-order valence-electron chi connectivity index (χ1n) is 8.88. The van der Waals surface area contributed by atoms with Gasteiger partial charge in [-0.25, -0.2) is 0 Å². The van der Waals surface area contributed by atoms with Gasteiger partial charge in [-0.15, -0.1) is 0 Å². The summed E-state index contributed by atoms with van der Waals surface area (Å²) in [4.78, 5) is 6.40. The third-order valence-corrected chi connectivity index (χ3v) is 4.98. The molecule has 0 unspecified atom stereocenters. The number of ether oxygens (including phenoxy) is 3. The molecular weight excluding hydrogens is 320 g/mol. The lowest BCUT2D eigenvalue weighted by Crippen LogP contribution is -2.54. The molecule has 134 valence electrons. The second-order valence-electron chi connectivity index (χ2n) is 6.66. The van der Waals surface area contributed by atoms with Crippen molar-refractivity contribution in [2.45, 2.75) is 24.7 Å².